The minimum absolute atomic E-state index is 0.449. The van der Waals surface area contributed by atoms with E-state index < -0.39 is 0 Å². The second-order valence-electron chi connectivity index (χ2n) is 9.19. The summed E-state index contributed by atoms with van der Waals surface area (Å²) in [6.45, 7) is 8.16. The number of aryl methyl sites for hydroxylation is 1. The largest absolute Gasteiger partial charge is 0.400 e. The van der Waals surface area contributed by atoms with E-state index >= 15 is 0 Å². The van der Waals surface area contributed by atoms with E-state index in [9.17, 15) is 4.79 Å². The number of terminal acetylenes is 1. The number of carbonyl (C=O) groups is 1. The van der Waals surface area contributed by atoms with Gasteiger partial charge in [0.05, 0.1) is 13.2 Å². The van der Waals surface area contributed by atoms with Gasteiger partial charge in [-0.2, -0.15) is 20.1 Å². The summed E-state index contributed by atoms with van der Waals surface area (Å²) in [5.74, 6) is 3.40. The van der Waals surface area contributed by atoms with Crippen molar-refractivity contribution < 1.29 is 14.6 Å². The average molecular weight is 571 g/mol. The van der Waals surface area contributed by atoms with Gasteiger partial charge in [0.2, 0.25) is 24.3 Å². The number of aromatic amines is 1. The van der Waals surface area contributed by atoms with Crippen LogP contribution in [0.5, 0.6) is 0 Å². The Morgan fingerprint density at radius 2 is 1.85 bits per heavy atom. The summed E-state index contributed by atoms with van der Waals surface area (Å²) < 4.78 is 5.47. The van der Waals surface area contributed by atoms with Gasteiger partial charge < -0.3 is 30.3 Å². The molecule has 5 heterocycles. The number of nitrogens with zero attached hydrogens (tertiary/aromatic N) is 7. The van der Waals surface area contributed by atoms with Gasteiger partial charge in [-0.05, 0) is 39.5 Å². The maximum absolute atomic E-state index is 9.84. The Balaban J connectivity index is 0.000000286. The Kier molecular flexibility index (Phi) is 12.1. The summed E-state index contributed by atoms with van der Waals surface area (Å²) in [7, 11) is 1.00. The molecule has 1 aliphatic carbocycles. The maximum atomic E-state index is 9.84. The average Bonchev–Trinajstić information content (AvgIpc) is 3.35. The standard InChI is InChI=1S/C18H26N8O.C5H6N2OS.C2H2.CH4O/c1-12-3-2-6-26(12)18-21-16(19-15-11-14(23-24-15)13-4-5-13)20-17(22-18)25-7-9-27-10-8-25;1-4-2-6-5(9-4)7-3-8;2*1-2/h11-13H,2-10H2,1H3,(H2,19,20,21,22,23,24);2-3H,1H3,(H,6,7,8);1-2H;2H,1H3/t12-;;;/m0.../s1. The molecule has 0 unspecified atom stereocenters. The van der Waals surface area contributed by atoms with Crippen molar-refractivity contribution in [1.29, 1.82) is 0 Å². The molecule has 0 aromatic carbocycles. The summed E-state index contributed by atoms with van der Waals surface area (Å²) in [6.07, 6.45) is 15.2. The molecule has 2 aliphatic heterocycles. The lowest BCUT2D eigenvalue weighted by Gasteiger charge is -2.28. The fourth-order valence-electron chi connectivity index (χ4n) is 4.26. The molecule has 3 fully saturated rings. The predicted molar refractivity (Wildman–Crippen MR) is 157 cm³/mol. The number of morpholine rings is 1. The van der Waals surface area contributed by atoms with Gasteiger partial charge in [-0.3, -0.25) is 9.89 Å². The molecular weight excluding hydrogens is 532 g/mol. The quantitative estimate of drug-likeness (QED) is 0.244. The smallest absolute Gasteiger partial charge is 0.235 e. The molecule has 3 aliphatic rings. The molecular formula is C26H38N10O3S. The lowest BCUT2D eigenvalue weighted by molar-refractivity contribution is -0.105. The number of ether oxygens (including phenoxy) is 1. The van der Waals surface area contributed by atoms with Gasteiger partial charge in [-0.1, -0.05) is 0 Å². The third kappa shape index (κ3) is 8.60. The molecule has 1 amide bonds. The van der Waals surface area contributed by atoms with Crippen LogP contribution in [-0.2, 0) is 9.53 Å². The Morgan fingerprint density at radius 1 is 1.12 bits per heavy atom. The van der Waals surface area contributed by atoms with E-state index in [1.54, 1.807) is 6.20 Å². The lowest BCUT2D eigenvalue weighted by Crippen LogP contribution is -2.38. The topological polar surface area (TPSA) is 157 Å². The Morgan fingerprint density at radius 3 is 2.45 bits per heavy atom. The highest BCUT2D eigenvalue weighted by atomic mass is 32.1. The van der Waals surface area contributed by atoms with Crippen LogP contribution < -0.4 is 20.4 Å². The van der Waals surface area contributed by atoms with Gasteiger partial charge in [0.15, 0.2) is 10.9 Å². The van der Waals surface area contributed by atoms with Crippen molar-refractivity contribution in [3.8, 4) is 12.8 Å². The van der Waals surface area contributed by atoms with Crippen molar-refractivity contribution in [2.45, 2.75) is 51.5 Å². The van der Waals surface area contributed by atoms with E-state index in [1.807, 2.05) is 6.92 Å². The summed E-state index contributed by atoms with van der Waals surface area (Å²) >= 11 is 1.46. The zero-order valence-electron chi connectivity index (χ0n) is 23.2. The van der Waals surface area contributed by atoms with Crippen molar-refractivity contribution in [1.82, 2.24) is 30.1 Å². The lowest BCUT2D eigenvalue weighted by atomic mass is 10.2. The monoisotopic (exact) mass is 570 g/mol. The number of H-pyrrole nitrogens is 1. The first-order valence-corrected chi connectivity index (χ1v) is 14.0. The molecule has 0 bridgehead atoms. The maximum Gasteiger partial charge on any atom is 0.235 e. The fraction of sp³-hybridized carbons (Fsp3) is 0.538. The first kappa shape index (κ1) is 30.7. The zero-order chi connectivity index (χ0) is 28.9. The van der Waals surface area contributed by atoms with Crippen LogP contribution in [0.15, 0.2) is 12.3 Å². The number of hydrogen-bond donors (Lipinski definition) is 4. The van der Waals surface area contributed by atoms with E-state index in [0.717, 1.165) is 43.4 Å². The molecule has 3 aromatic rings. The molecule has 0 radical (unpaired) electrons. The Labute approximate surface area is 238 Å². The van der Waals surface area contributed by atoms with Crippen molar-refractivity contribution in [3.05, 3.63) is 22.8 Å². The van der Waals surface area contributed by atoms with Crippen LogP contribution in [-0.4, -0.2) is 87.6 Å². The van der Waals surface area contributed by atoms with Crippen LogP contribution in [0.3, 0.4) is 0 Å². The van der Waals surface area contributed by atoms with Crippen LogP contribution in [0, 0.1) is 19.8 Å². The summed E-state index contributed by atoms with van der Waals surface area (Å²) in [6, 6.07) is 2.51. The van der Waals surface area contributed by atoms with E-state index in [2.05, 4.69) is 66.4 Å². The second kappa shape index (κ2) is 15.7. The van der Waals surface area contributed by atoms with Gasteiger partial charge in [-0.25, -0.2) is 4.98 Å². The summed E-state index contributed by atoms with van der Waals surface area (Å²) in [5, 5.41) is 20.9. The molecule has 4 N–H and O–H groups in total. The molecule has 216 valence electrons. The normalized spacial score (nSPS) is 17.8. The Hall–Kier alpha value is -3.80. The summed E-state index contributed by atoms with van der Waals surface area (Å²) in [4.78, 5) is 33.4. The van der Waals surface area contributed by atoms with Gasteiger partial charge in [0.1, 0.15) is 0 Å². The molecule has 6 rings (SSSR count). The molecule has 40 heavy (non-hydrogen) atoms. The number of hydrogen-bond acceptors (Lipinski definition) is 12. The number of nitrogens with one attached hydrogen (secondary N) is 3. The van der Waals surface area contributed by atoms with Crippen LogP contribution in [0.2, 0.25) is 0 Å². The number of aliphatic hydroxyl groups excluding tert-OH is 1. The van der Waals surface area contributed by atoms with Crippen LogP contribution >= 0.6 is 11.3 Å². The molecule has 2 saturated heterocycles. The minimum Gasteiger partial charge on any atom is -0.400 e. The highest BCUT2D eigenvalue weighted by Gasteiger charge is 2.27. The van der Waals surface area contributed by atoms with Gasteiger partial charge in [-0.15, -0.1) is 24.2 Å². The molecule has 1 atom stereocenters. The number of aliphatic hydroxyl groups is 1. The van der Waals surface area contributed by atoms with Gasteiger partial charge >= 0.3 is 0 Å². The minimum atomic E-state index is 0.449. The van der Waals surface area contributed by atoms with E-state index in [0.29, 0.717) is 48.6 Å². The highest BCUT2D eigenvalue weighted by molar-refractivity contribution is 7.15. The van der Waals surface area contributed by atoms with Crippen molar-refractivity contribution in [2.75, 3.05) is 60.4 Å². The molecule has 13 nitrogen and oxygen atoms in total. The fourth-order valence-corrected chi connectivity index (χ4v) is 4.89. The van der Waals surface area contributed by atoms with Crippen molar-refractivity contribution in [2.24, 2.45) is 0 Å². The third-order valence-electron chi connectivity index (χ3n) is 6.37. The van der Waals surface area contributed by atoms with E-state index in [1.165, 1.54) is 42.7 Å². The van der Waals surface area contributed by atoms with Crippen LogP contribution in [0.4, 0.5) is 28.8 Å². The molecule has 1 saturated carbocycles. The number of aromatic nitrogens is 6. The van der Waals surface area contributed by atoms with Crippen LogP contribution in [0.1, 0.15) is 49.1 Å². The van der Waals surface area contributed by atoms with Crippen molar-refractivity contribution >= 4 is 46.5 Å². The zero-order valence-corrected chi connectivity index (χ0v) is 24.0. The first-order valence-electron chi connectivity index (χ1n) is 13.2. The third-order valence-corrected chi connectivity index (χ3v) is 7.22. The van der Waals surface area contributed by atoms with Gasteiger partial charge in [0, 0.05) is 61.5 Å². The van der Waals surface area contributed by atoms with E-state index in [-0.39, 0.29) is 0 Å². The first-order chi connectivity index (χ1) is 19.6. The van der Waals surface area contributed by atoms with E-state index in [4.69, 9.17) is 19.8 Å². The molecule has 3 aromatic heterocycles. The molecule has 14 heteroatoms. The van der Waals surface area contributed by atoms with Crippen LogP contribution in [0.25, 0.3) is 0 Å². The second-order valence-corrected chi connectivity index (χ2v) is 10.4. The van der Waals surface area contributed by atoms with Gasteiger partial charge in [0.25, 0.3) is 0 Å². The number of amides is 1. The van der Waals surface area contributed by atoms with Crippen molar-refractivity contribution in [3.63, 3.8) is 0 Å². The number of rotatable bonds is 7. The number of anilines is 5. The predicted octanol–water partition coefficient (Wildman–Crippen LogP) is 2.92. The number of thiazole rings is 1. The Bertz CT molecular complexity index is 1210. The number of carbonyl (C=O) groups excluding carboxylic acids is 1. The molecule has 0 spiro atoms. The SMILES string of the molecule is C#C.CO.C[C@H]1CCCN1c1nc(Nc2cc(C3CC3)[nH]n2)nc(N2CCOCC2)n1.Cc1cnc(NC=O)s1. The highest BCUT2D eigenvalue weighted by Crippen LogP contribution is 2.39. The summed E-state index contributed by atoms with van der Waals surface area (Å²) in [5.41, 5.74) is 1.19.